The Kier molecular flexibility index (Phi) is 7.56. The molecule has 0 radical (unpaired) electrons. The van der Waals surface area contributed by atoms with Crippen molar-refractivity contribution in [1.29, 1.82) is 0 Å². The van der Waals surface area contributed by atoms with Crippen molar-refractivity contribution >= 4 is 6.29 Å². The summed E-state index contributed by atoms with van der Waals surface area (Å²) in [6.45, 7) is 5.41. The van der Waals surface area contributed by atoms with Gasteiger partial charge in [0.05, 0.1) is 24.4 Å². The van der Waals surface area contributed by atoms with Crippen LogP contribution in [-0.2, 0) is 9.53 Å². The molecule has 0 spiro atoms. The standard InChI is InChI=1S/C11H22O4/c1-8(2)15-11(7-9(3)13)10(14)5-4-6-12/h6,8-11,13-14H,4-5,7H2,1-3H3. The van der Waals surface area contributed by atoms with E-state index in [1.165, 1.54) is 0 Å². The Morgan fingerprint density at radius 2 is 1.87 bits per heavy atom. The number of hydrogen-bond acceptors (Lipinski definition) is 4. The van der Waals surface area contributed by atoms with E-state index in [0.29, 0.717) is 19.3 Å². The molecule has 0 rings (SSSR count). The predicted molar refractivity (Wildman–Crippen MR) is 57.6 cm³/mol. The largest absolute Gasteiger partial charge is 0.393 e. The van der Waals surface area contributed by atoms with Gasteiger partial charge in [-0.2, -0.15) is 0 Å². The minimum Gasteiger partial charge on any atom is -0.393 e. The van der Waals surface area contributed by atoms with Gasteiger partial charge < -0.3 is 19.7 Å². The minimum atomic E-state index is -0.688. The van der Waals surface area contributed by atoms with Crippen molar-refractivity contribution in [2.45, 2.75) is 64.4 Å². The molecule has 4 heteroatoms. The van der Waals surface area contributed by atoms with Crippen LogP contribution in [0.25, 0.3) is 0 Å². The second-order valence-corrected chi connectivity index (χ2v) is 4.12. The molecular weight excluding hydrogens is 196 g/mol. The van der Waals surface area contributed by atoms with E-state index < -0.39 is 18.3 Å². The quantitative estimate of drug-likeness (QED) is 0.594. The van der Waals surface area contributed by atoms with Crippen molar-refractivity contribution in [3.8, 4) is 0 Å². The van der Waals surface area contributed by atoms with E-state index in [1.54, 1.807) is 6.92 Å². The van der Waals surface area contributed by atoms with Crippen LogP contribution in [-0.4, -0.2) is 40.9 Å². The van der Waals surface area contributed by atoms with Crippen LogP contribution in [0.2, 0.25) is 0 Å². The van der Waals surface area contributed by atoms with Crippen LogP contribution in [0.1, 0.15) is 40.0 Å². The normalized spacial score (nSPS) is 17.5. The Balaban J connectivity index is 4.13. The molecule has 4 nitrogen and oxygen atoms in total. The van der Waals surface area contributed by atoms with Gasteiger partial charge in [0.25, 0.3) is 0 Å². The van der Waals surface area contributed by atoms with Crippen LogP contribution >= 0.6 is 0 Å². The first kappa shape index (κ1) is 14.6. The Morgan fingerprint density at radius 1 is 1.27 bits per heavy atom. The van der Waals surface area contributed by atoms with Crippen molar-refractivity contribution in [3.63, 3.8) is 0 Å². The fourth-order valence-corrected chi connectivity index (χ4v) is 1.41. The summed E-state index contributed by atoms with van der Waals surface area (Å²) in [6.07, 6.45) is 0.263. The molecule has 0 amide bonds. The van der Waals surface area contributed by atoms with E-state index in [0.717, 1.165) is 6.29 Å². The zero-order valence-electron chi connectivity index (χ0n) is 9.72. The summed E-state index contributed by atoms with van der Waals surface area (Å²) in [6, 6.07) is 0. The first-order chi connectivity index (χ1) is 6.97. The van der Waals surface area contributed by atoms with E-state index in [-0.39, 0.29) is 6.10 Å². The lowest BCUT2D eigenvalue weighted by Crippen LogP contribution is -2.34. The van der Waals surface area contributed by atoms with Gasteiger partial charge in [0, 0.05) is 12.8 Å². The Bertz CT molecular complexity index is 158. The van der Waals surface area contributed by atoms with Crippen LogP contribution in [0.3, 0.4) is 0 Å². The average Bonchev–Trinajstić information content (AvgIpc) is 2.11. The molecule has 0 bridgehead atoms. The maximum Gasteiger partial charge on any atom is 0.120 e. The molecule has 0 aromatic rings. The SMILES string of the molecule is CC(O)CC(OC(C)C)C(O)CCC=O. The molecule has 90 valence electrons. The van der Waals surface area contributed by atoms with Crippen molar-refractivity contribution < 1.29 is 19.7 Å². The van der Waals surface area contributed by atoms with Gasteiger partial charge in [0.2, 0.25) is 0 Å². The Hall–Kier alpha value is -0.450. The predicted octanol–water partition coefficient (Wildman–Crippen LogP) is 0.891. The molecule has 2 N–H and O–H groups in total. The number of aldehydes is 1. The van der Waals surface area contributed by atoms with Gasteiger partial charge in [-0.15, -0.1) is 0 Å². The molecule has 3 atom stereocenters. The van der Waals surface area contributed by atoms with Crippen LogP contribution in [0.4, 0.5) is 0 Å². The number of carbonyl (C=O) groups is 1. The maximum absolute atomic E-state index is 10.2. The molecular formula is C11H22O4. The number of aliphatic hydroxyl groups excluding tert-OH is 2. The smallest absolute Gasteiger partial charge is 0.120 e. The highest BCUT2D eigenvalue weighted by molar-refractivity contribution is 5.49. The number of hydrogen-bond donors (Lipinski definition) is 2. The first-order valence-corrected chi connectivity index (χ1v) is 5.42. The third kappa shape index (κ3) is 7.48. The lowest BCUT2D eigenvalue weighted by atomic mass is 10.0. The highest BCUT2D eigenvalue weighted by Crippen LogP contribution is 2.14. The monoisotopic (exact) mass is 218 g/mol. The molecule has 0 aromatic carbocycles. The molecule has 0 saturated heterocycles. The summed E-state index contributed by atoms with van der Waals surface area (Å²) < 4.78 is 5.49. The van der Waals surface area contributed by atoms with Crippen molar-refractivity contribution in [2.75, 3.05) is 0 Å². The van der Waals surface area contributed by atoms with E-state index in [2.05, 4.69) is 0 Å². The summed E-state index contributed by atoms with van der Waals surface area (Å²) in [4.78, 5) is 10.2. The van der Waals surface area contributed by atoms with Gasteiger partial charge >= 0.3 is 0 Å². The highest BCUT2D eigenvalue weighted by Gasteiger charge is 2.22. The van der Waals surface area contributed by atoms with Crippen LogP contribution in [0.5, 0.6) is 0 Å². The van der Waals surface area contributed by atoms with Crippen molar-refractivity contribution in [2.24, 2.45) is 0 Å². The lowest BCUT2D eigenvalue weighted by molar-refractivity contribution is -0.110. The van der Waals surface area contributed by atoms with Crippen LogP contribution in [0, 0.1) is 0 Å². The maximum atomic E-state index is 10.2. The van der Waals surface area contributed by atoms with E-state index in [9.17, 15) is 15.0 Å². The third-order valence-electron chi connectivity index (χ3n) is 2.03. The topological polar surface area (TPSA) is 66.8 Å². The number of aliphatic hydroxyl groups is 2. The lowest BCUT2D eigenvalue weighted by Gasteiger charge is -2.26. The Labute approximate surface area is 91.3 Å². The molecule has 0 saturated carbocycles. The second kappa shape index (κ2) is 7.79. The second-order valence-electron chi connectivity index (χ2n) is 4.12. The van der Waals surface area contributed by atoms with Crippen molar-refractivity contribution in [3.05, 3.63) is 0 Å². The minimum absolute atomic E-state index is 0.000342. The highest BCUT2D eigenvalue weighted by atomic mass is 16.5. The summed E-state index contributed by atoms with van der Waals surface area (Å²) in [5, 5.41) is 19.0. The summed E-state index contributed by atoms with van der Waals surface area (Å²) >= 11 is 0. The molecule has 0 aromatic heterocycles. The van der Waals surface area contributed by atoms with Crippen LogP contribution in [0.15, 0.2) is 0 Å². The van der Waals surface area contributed by atoms with Crippen LogP contribution < -0.4 is 0 Å². The molecule has 3 unspecified atom stereocenters. The zero-order valence-corrected chi connectivity index (χ0v) is 9.72. The molecule has 0 aliphatic carbocycles. The number of rotatable bonds is 8. The number of ether oxygens (including phenoxy) is 1. The average molecular weight is 218 g/mol. The summed E-state index contributed by atoms with van der Waals surface area (Å²) in [5.41, 5.74) is 0. The zero-order chi connectivity index (χ0) is 11.8. The molecule has 0 fully saturated rings. The molecule has 0 aliphatic heterocycles. The van der Waals surface area contributed by atoms with E-state index in [1.807, 2.05) is 13.8 Å². The molecule has 0 heterocycles. The number of carbonyl (C=O) groups excluding carboxylic acids is 1. The fraction of sp³-hybridized carbons (Fsp3) is 0.909. The van der Waals surface area contributed by atoms with Gasteiger partial charge in [0.15, 0.2) is 0 Å². The Morgan fingerprint density at radius 3 is 2.27 bits per heavy atom. The van der Waals surface area contributed by atoms with Crippen molar-refractivity contribution in [1.82, 2.24) is 0 Å². The molecule has 0 aliphatic rings. The van der Waals surface area contributed by atoms with E-state index >= 15 is 0 Å². The van der Waals surface area contributed by atoms with Gasteiger partial charge in [-0.05, 0) is 27.2 Å². The van der Waals surface area contributed by atoms with Gasteiger partial charge in [-0.3, -0.25) is 0 Å². The van der Waals surface area contributed by atoms with E-state index in [4.69, 9.17) is 4.74 Å². The first-order valence-electron chi connectivity index (χ1n) is 5.42. The summed E-state index contributed by atoms with van der Waals surface area (Å²) in [7, 11) is 0. The van der Waals surface area contributed by atoms with Gasteiger partial charge in [-0.1, -0.05) is 0 Å². The third-order valence-corrected chi connectivity index (χ3v) is 2.03. The summed E-state index contributed by atoms with van der Waals surface area (Å²) in [5.74, 6) is 0. The van der Waals surface area contributed by atoms with Gasteiger partial charge in [-0.25, -0.2) is 0 Å². The molecule has 15 heavy (non-hydrogen) atoms. The fourth-order valence-electron chi connectivity index (χ4n) is 1.41. The van der Waals surface area contributed by atoms with Gasteiger partial charge in [0.1, 0.15) is 6.29 Å².